The van der Waals surface area contributed by atoms with Gasteiger partial charge in [-0.1, -0.05) is 0 Å². The molecule has 0 radical (unpaired) electrons. The lowest BCUT2D eigenvalue weighted by Crippen LogP contribution is -2.27. The molecule has 11 heavy (non-hydrogen) atoms. The van der Waals surface area contributed by atoms with Crippen molar-refractivity contribution < 1.29 is 4.42 Å². The molecule has 60 valence electrons. The number of rotatable bonds is 2. The highest BCUT2D eigenvalue weighted by molar-refractivity contribution is 5.23. The van der Waals surface area contributed by atoms with Crippen LogP contribution >= 0.6 is 0 Å². The maximum Gasteiger partial charge on any atom is 0.294 e. The van der Waals surface area contributed by atoms with E-state index in [9.17, 15) is 0 Å². The first-order chi connectivity index (χ1) is 5.34. The van der Waals surface area contributed by atoms with E-state index in [2.05, 4.69) is 10.3 Å². The Balaban J connectivity index is 1.95. The molecule has 3 nitrogen and oxygen atoms in total. The van der Waals surface area contributed by atoms with Gasteiger partial charge in [0.1, 0.15) is 6.26 Å². The van der Waals surface area contributed by atoms with Crippen LogP contribution in [0.25, 0.3) is 0 Å². The van der Waals surface area contributed by atoms with E-state index in [4.69, 9.17) is 4.42 Å². The van der Waals surface area contributed by atoms with Crippen LogP contribution in [0.3, 0.4) is 0 Å². The van der Waals surface area contributed by atoms with Crippen molar-refractivity contribution in [1.82, 2.24) is 4.98 Å². The average Bonchev–Trinajstić information content (AvgIpc) is 2.27. The van der Waals surface area contributed by atoms with Gasteiger partial charge in [-0.3, -0.25) is 0 Å². The summed E-state index contributed by atoms with van der Waals surface area (Å²) in [4.78, 5) is 4.15. The first kappa shape index (κ1) is 6.70. The van der Waals surface area contributed by atoms with E-state index in [0.29, 0.717) is 12.1 Å². The zero-order chi connectivity index (χ0) is 7.68. The van der Waals surface area contributed by atoms with Gasteiger partial charge in [-0.25, -0.2) is 0 Å². The fraction of sp³-hybridized carbons (Fsp3) is 0.625. The minimum absolute atomic E-state index is 0.605. The van der Waals surface area contributed by atoms with Gasteiger partial charge in [0, 0.05) is 6.04 Å². The molecule has 1 aliphatic rings. The van der Waals surface area contributed by atoms with Gasteiger partial charge in [0.25, 0.3) is 6.01 Å². The average molecular weight is 152 g/mol. The highest BCUT2D eigenvalue weighted by Gasteiger charge is 2.18. The Bertz CT molecular complexity index is 240. The second-order valence-electron chi connectivity index (χ2n) is 3.07. The van der Waals surface area contributed by atoms with Crippen LogP contribution in [0.4, 0.5) is 6.01 Å². The lowest BCUT2D eigenvalue weighted by molar-refractivity contribution is 0.429. The largest absolute Gasteiger partial charge is 0.432 e. The molecule has 2 rings (SSSR count). The normalized spacial score (nSPS) is 17.9. The van der Waals surface area contributed by atoms with Crippen LogP contribution in [0.5, 0.6) is 0 Å². The number of nitrogens with one attached hydrogen (secondary N) is 1. The molecule has 0 saturated heterocycles. The van der Waals surface area contributed by atoms with E-state index < -0.39 is 0 Å². The Morgan fingerprint density at radius 1 is 1.64 bits per heavy atom. The predicted octanol–water partition coefficient (Wildman–Crippen LogP) is 1.95. The van der Waals surface area contributed by atoms with Gasteiger partial charge in [0.05, 0.1) is 5.69 Å². The molecule has 1 aromatic heterocycles. The molecule has 0 aliphatic heterocycles. The fourth-order valence-corrected chi connectivity index (χ4v) is 1.15. The minimum Gasteiger partial charge on any atom is -0.432 e. The highest BCUT2D eigenvalue weighted by atomic mass is 16.4. The van der Waals surface area contributed by atoms with Gasteiger partial charge in [-0.15, -0.1) is 0 Å². The quantitative estimate of drug-likeness (QED) is 0.703. The standard InChI is InChI=1S/C8H12N2O/c1-6-5-11-8(9-6)10-7-3-2-4-7/h5,7H,2-4H2,1H3,(H,9,10). The van der Waals surface area contributed by atoms with Crippen molar-refractivity contribution in [2.45, 2.75) is 32.2 Å². The van der Waals surface area contributed by atoms with Gasteiger partial charge in [0.2, 0.25) is 0 Å². The van der Waals surface area contributed by atoms with Gasteiger partial charge < -0.3 is 9.73 Å². The summed E-state index contributed by atoms with van der Waals surface area (Å²) in [6, 6.07) is 1.28. The number of hydrogen-bond acceptors (Lipinski definition) is 3. The number of oxazole rings is 1. The molecule has 0 unspecified atom stereocenters. The summed E-state index contributed by atoms with van der Waals surface area (Å²) in [5.41, 5.74) is 0.937. The van der Waals surface area contributed by atoms with Gasteiger partial charge in [0.15, 0.2) is 0 Å². The lowest BCUT2D eigenvalue weighted by atomic mass is 9.93. The van der Waals surface area contributed by atoms with Crippen LogP contribution in [0, 0.1) is 6.92 Å². The Labute approximate surface area is 65.8 Å². The second kappa shape index (κ2) is 2.57. The lowest BCUT2D eigenvalue weighted by Gasteiger charge is -2.25. The maximum absolute atomic E-state index is 5.15. The van der Waals surface area contributed by atoms with E-state index in [1.54, 1.807) is 6.26 Å². The minimum atomic E-state index is 0.605. The van der Waals surface area contributed by atoms with Gasteiger partial charge in [-0.2, -0.15) is 4.98 Å². The molecule has 0 amide bonds. The maximum atomic E-state index is 5.15. The molecular formula is C8H12N2O. The summed E-state index contributed by atoms with van der Waals surface area (Å²) >= 11 is 0. The topological polar surface area (TPSA) is 38.1 Å². The summed E-state index contributed by atoms with van der Waals surface area (Å²) in [5, 5.41) is 3.22. The third-order valence-corrected chi connectivity index (χ3v) is 2.05. The van der Waals surface area contributed by atoms with E-state index in [1.807, 2.05) is 6.92 Å². The van der Waals surface area contributed by atoms with Crippen molar-refractivity contribution in [2.75, 3.05) is 5.32 Å². The molecule has 1 aromatic rings. The number of anilines is 1. The van der Waals surface area contributed by atoms with E-state index >= 15 is 0 Å². The summed E-state index contributed by atoms with van der Waals surface area (Å²) in [5.74, 6) is 0. The van der Waals surface area contributed by atoms with E-state index in [1.165, 1.54) is 19.3 Å². The molecule has 0 spiro atoms. The number of hydrogen-bond donors (Lipinski definition) is 1. The fourth-order valence-electron chi connectivity index (χ4n) is 1.15. The Hall–Kier alpha value is -0.990. The smallest absolute Gasteiger partial charge is 0.294 e. The zero-order valence-electron chi connectivity index (χ0n) is 6.63. The summed E-state index contributed by atoms with van der Waals surface area (Å²) in [7, 11) is 0. The molecule has 1 saturated carbocycles. The summed E-state index contributed by atoms with van der Waals surface area (Å²) in [6.07, 6.45) is 5.50. The van der Waals surface area contributed by atoms with Gasteiger partial charge >= 0.3 is 0 Å². The molecule has 1 fully saturated rings. The van der Waals surface area contributed by atoms with Crippen LogP contribution in [-0.4, -0.2) is 11.0 Å². The van der Waals surface area contributed by atoms with Gasteiger partial charge in [-0.05, 0) is 26.2 Å². The molecule has 1 heterocycles. The molecule has 1 aliphatic carbocycles. The predicted molar refractivity (Wildman–Crippen MR) is 42.5 cm³/mol. The monoisotopic (exact) mass is 152 g/mol. The Kier molecular flexibility index (Phi) is 1.56. The summed E-state index contributed by atoms with van der Waals surface area (Å²) < 4.78 is 5.15. The van der Waals surface area contributed by atoms with Crippen molar-refractivity contribution >= 4 is 6.01 Å². The van der Waals surface area contributed by atoms with Crippen LogP contribution < -0.4 is 5.32 Å². The van der Waals surface area contributed by atoms with Crippen molar-refractivity contribution in [2.24, 2.45) is 0 Å². The molecule has 0 aromatic carbocycles. The highest BCUT2D eigenvalue weighted by Crippen LogP contribution is 2.22. The van der Waals surface area contributed by atoms with Crippen LogP contribution in [0.2, 0.25) is 0 Å². The van der Waals surface area contributed by atoms with E-state index in [0.717, 1.165) is 5.69 Å². The molecule has 1 N–H and O–H groups in total. The Morgan fingerprint density at radius 2 is 2.45 bits per heavy atom. The third kappa shape index (κ3) is 1.37. The second-order valence-corrected chi connectivity index (χ2v) is 3.07. The van der Waals surface area contributed by atoms with Crippen LogP contribution in [0.1, 0.15) is 25.0 Å². The van der Waals surface area contributed by atoms with Crippen LogP contribution in [-0.2, 0) is 0 Å². The van der Waals surface area contributed by atoms with Crippen molar-refractivity contribution in [1.29, 1.82) is 0 Å². The van der Waals surface area contributed by atoms with Crippen molar-refractivity contribution in [3.05, 3.63) is 12.0 Å². The molecule has 0 bridgehead atoms. The summed E-state index contributed by atoms with van der Waals surface area (Å²) in [6.45, 7) is 1.93. The molecule has 0 atom stereocenters. The number of aryl methyl sites for hydroxylation is 1. The Morgan fingerprint density at radius 3 is 2.91 bits per heavy atom. The van der Waals surface area contributed by atoms with Crippen LogP contribution in [0.15, 0.2) is 10.7 Å². The first-order valence-corrected chi connectivity index (χ1v) is 4.03. The SMILES string of the molecule is Cc1coc(NC2CCC2)n1. The van der Waals surface area contributed by atoms with Crippen molar-refractivity contribution in [3.63, 3.8) is 0 Å². The third-order valence-electron chi connectivity index (χ3n) is 2.05. The molecular weight excluding hydrogens is 140 g/mol. The number of nitrogens with zero attached hydrogens (tertiary/aromatic N) is 1. The first-order valence-electron chi connectivity index (χ1n) is 4.03. The van der Waals surface area contributed by atoms with E-state index in [-0.39, 0.29) is 0 Å². The number of aromatic nitrogens is 1. The zero-order valence-corrected chi connectivity index (χ0v) is 6.63. The van der Waals surface area contributed by atoms with Crippen molar-refractivity contribution in [3.8, 4) is 0 Å². The molecule has 3 heteroatoms.